The molecule has 0 aromatic heterocycles. The van der Waals surface area contributed by atoms with Crippen LogP contribution in [0.2, 0.25) is 0 Å². The molecule has 1 aromatic rings. The lowest BCUT2D eigenvalue weighted by atomic mass is 10.0. The van der Waals surface area contributed by atoms with Gasteiger partial charge >= 0.3 is 24.2 Å². The molecule has 5 nitrogen and oxygen atoms in total. The van der Waals surface area contributed by atoms with Crippen molar-refractivity contribution in [2.75, 3.05) is 13.1 Å². The van der Waals surface area contributed by atoms with Crippen molar-refractivity contribution in [2.45, 2.75) is 37.8 Å². The van der Waals surface area contributed by atoms with E-state index in [0.717, 1.165) is 4.90 Å². The molecule has 2 atom stereocenters. The van der Waals surface area contributed by atoms with Gasteiger partial charge in [0.2, 0.25) is 0 Å². The van der Waals surface area contributed by atoms with Crippen LogP contribution in [0, 0.1) is 0 Å². The van der Waals surface area contributed by atoms with Gasteiger partial charge in [0.1, 0.15) is 0 Å². The van der Waals surface area contributed by atoms with Crippen LogP contribution >= 0.6 is 0 Å². The van der Waals surface area contributed by atoms with Gasteiger partial charge in [-0.1, -0.05) is 0 Å². The molecule has 1 aliphatic heterocycles. The van der Waals surface area contributed by atoms with Crippen LogP contribution in [0.25, 0.3) is 0 Å². The molecular weight excluding hydrogens is 382 g/mol. The molecule has 1 saturated heterocycles. The molecule has 0 radical (unpaired) electrons. The number of amides is 2. The first-order chi connectivity index (χ1) is 12.3. The number of hydrogen-bond acceptors (Lipinski definition) is 3. The number of aliphatic hydroxyl groups is 1. The Hall–Kier alpha value is -2.30. The standard InChI is InChI=1S/C16H16F6N2O3/c1-8(25)12-7-23-13(26)14(27)24(12)3-2-9-4-10(15(17,18)19)6-11(5-9)16(20,21)22/h4-6,8,12,25H,2-3,7H2,1H3,(H,23,26)/t8?,12-/m1/s1. The quantitative estimate of drug-likeness (QED) is 0.602. The highest BCUT2D eigenvalue weighted by Crippen LogP contribution is 2.36. The fourth-order valence-corrected chi connectivity index (χ4v) is 2.78. The van der Waals surface area contributed by atoms with Crippen molar-refractivity contribution in [3.05, 3.63) is 34.9 Å². The molecule has 1 heterocycles. The Balaban J connectivity index is 2.30. The number of piperazine rings is 1. The number of nitrogens with zero attached hydrogens (tertiary/aromatic N) is 1. The lowest BCUT2D eigenvalue weighted by molar-refractivity contribution is -0.152. The van der Waals surface area contributed by atoms with E-state index in [9.17, 15) is 41.0 Å². The van der Waals surface area contributed by atoms with Gasteiger partial charge in [-0.15, -0.1) is 0 Å². The van der Waals surface area contributed by atoms with Gasteiger partial charge in [-0.3, -0.25) is 9.59 Å². The maximum atomic E-state index is 12.9. The van der Waals surface area contributed by atoms with Crippen LogP contribution in [-0.4, -0.2) is 47.1 Å². The largest absolute Gasteiger partial charge is 0.416 e. The molecule has 1 aromatic carbocycles. The van der Waals surface area contributed by atoms with Gasteiger partial charge in [0.05, 0.1) is 23.3 Å². The lowest BCUT2D eigenvalue weighted by Crippen LogP contribution is -2.61. The number of alkyl halides is 6. The fourth-order valence-electron chi connectivity index (χ4n) is 2.78. The Morgan fingerprint density at radius 1 is 1.11 bits per heavy atom. The summed E-state index contributed by atoms with van der Waals surface area (Å²) in [4.78, 5) is 24.4. The average molecular weight is 398 g/mol. The number of halogens is 6. The first-order valence-corrected chi connectivity index (χ1v) is 7.86. The number of benzene rings is 1. The van der Waals surface area contributed by atoms with Crippen LogP contribution in [-0.2, 0) is 28.4 Å². The second-order valence-electron chi connectivity index (χ2n) is 6.18. The summed E-state index contributed by atoms with van der Waals surface area (Å²) in [6.45, 7) is 0.966. The van der Waals surface area contributed by atoms with Crippen molar-refractivity contribution >= 4 is 11.8 Å². The van der Waals surface area contributed by atoms with E-state index >= 15 is 0 Å². The summed E-state index contributed by atoms with van der Waals surface area (Å²) in [5.41, 5.74) is -3.20. The Labute approximate surface area is 149 Å². The molecular formula is C16H16F6N2O3. The van der Waals surface area contributed by atoms with E-state index in [-0.39, 0.29) is 31.1 Å². The topological polar surface area (TPSA) is 69.6 Å². The van der Waals surface area contributed by atoms with Crippen molar-refractivity contribution < 1.29 is 41.0 Å². The zero-order chi connectivity index (χ0) is 20.6. The molecule has 0 bridgehead atoms. The second kappa shape index (κ2) is 7.37. The molecule has 27 heavy (non-hydrogen) atoms. The minimum absolute atomic E-state index is 0.0155. The van der Waals surface area contributed by atoms with Crippen molar-refractivity contribution in [3.8, 4) is 0 Å². The summed E-state index contributed by atoms with van der Waals surface area (Å²) in [7, 11) is 0. The molecule has 2 N–H and O–H groups in total. The average Bonchev–Trinajstić information content (AvgIpc) is 2.54. The van der Waals surface area contributed by atoms with Gasteiger partial charge in [-0.2, -0.15) is 26.3 Å². The lowest BCUT2D eigenvalue weighted by Gasteiger charge is -2.37. The number of rotatable bonds is 4. The third-order valence-corrected chi connectivity index (χ3v) is 4.17. The Kier molecular flexibility index (Phi) is 5.74. The molecule has 1 unspecified atom stereocenters. The maximum Gasteiger partial charge on any atom is 0.416 e. The van der Waals surface area contributed by atoms with E-state index in [1.807, 2.05) is 0 Å². The van der Waals surface area contributed by atoms with E-state index in [0.29, 0.717) is 12.1 Å². The third-order valence-electron chi connectivity index (χ3n) is 4.17. The minimum Gasteiger partial charge on any atom is -0.391 e. The first kappa shape index (κ1) is 21.0. The fraction of sp³-hybridized carbons (Fsp3) is 0.500. The highest BCUT2D eigenvalue weighted by Gasteiger charge is 2.38. The number of aliphatic hydroxyl groups excluding tert-OH is 1. The number of nitrogens with one attached hydrogen (secondary N) is 1. The SMILES string of the molecule is CC(O)[C@H]1CNC(=O)C(=O)N1CCc1cc(C(F)(F)F)cc(C(F)(F)F)c1. The highest BCUT2D eigenvalue weighted by atomic mass is 19.4. The Morgan fingerprint density at radius 2 is 1.63 bits per heavy atom. The van der Waals surface area contributed by atoms with Crippen molar-refractivity contribution in [1.82, 2.24) is 10.2 Å². The van der Waals surface area contributed by atoms with Gasteiger partial charge in [-0.05, 0) is 37.1 Å². The summed E-state index contributed by atoms with van der Waals surface area (Å²) in [5, 5.41) is 12.0. The summed E-state index contributed by atoms with van der Waals surface area (Å²) < 4.78 is 77.4. The summed E-state index contributed by atoms with van der Waals surface area (Å²) in [6.07, 6.45) is -11.4. The Bertz CT molecular complexity index is 698. The molecule has 1 aliphatic rings. The highest BCUT2D eigenvalue weighted by molar-refractivity contribution is 6.35. The molecule has 0 aliphatic carbocycles. The summed E-state index contributed by atoms with van der Waals surface area (Å²) in [6, 6.07) is 0.326. The van der Waals surface area contributed by atoms with Crippen LogP contribution in [0.15, 0.2) is 18.2 Å². The second-order valence-corrected chi connectivity index (χ2v) is 6.18. The minimum atomic E-state index is -4.97. The number of carbonyl (C=O) groups is 2. The first-order valence-electron chi connectivity index (χ1n) is 7.86. The van der Waals surface area contributed by atoms with Crippen molar-refractivity contribution in [1.29, 1.82) is 0 Å². The molecule has 150 valence electrons. The van der Waals surface area contributed by atoms with E-state index in [1.165, 1.54) is 6.92 Å². The normalized spacial score (nSPS) is 19.9. The molecule has 11 heteroatoms. The van der Waals surface area contributed by atoms with Crippen LogP contribution in [0.1, 0.15) is 23.6 Å². The molecule has 1 fully saturated rings. The van der Waals surface area contributed by atoms with Crippen LogP contribution in [0.4, 0.5) is 26.3 Å². The Morgan fingerprint density at radius 3 is 2.07 bits per heavy atom. The van der Waals surface area contributed by atoms with Crippen LogP contribution in [0.5, 0.6) is 0 Å². The van der Waals surface area contributed by atoms with Crippen molar-refractivity contribution in [3.63, 3.8) is 0 Å². The molecule has 2 rings (SSSR count). The zero-order valence-corrected chi connectivity index (χ0v) is 14.0. The third kappa shape index (κ3) is 4.90. The van der Waals surface area contributed by atoms with E-state index in [1.54, 1.807) is 0 Å². The van der Waals surface area contributed by atoms with Gasteiger partial charge in [-0.25, -0.2) is 0 Å². The number of hydrogen-bond donors (Lipinski definition) is 2. The van der Waals surface area contributed by atoms with Crippen LogP contribution in [0.3, 0.4) is 0 Å². The van der Waals surface area contributed by atoms with Crippen LogP contribution < -0.4 is 5.32 Å². The van der Waals surface area contributed by atoms with Gasteiger partial charge in [0.25, 0.3) is 0 Å². The molecule has 0 spiro atoms. The smallest absolute Gasteiger partial charge is 0.391 e. The van der Waals surface area contributed by atoms with Gasteiger partial charge < -0.3 is 15.3 Å². The van der Waals surface area contributed by atoms with E-state index in [2.05, 4.69) is 5.32 Å². The van der Waals surface area contributed by atoms with Gasteiger partial charge in [0.15, 0.2) is 0 Å². The zero-order valence-electron chi connectivity index (χ0n) is 14.0. The van der Waals surface area contributed by atoms with Crippen molar-refractivity contribution in [2.24, 2.45) is 0 Å². The molecule has 2 amide bonds. The maximum absolute atomic E-state index is 12.9. The van der Waals surface area contributed by atoms with E-state index in [4.69, 9.17) is 0 Å². The predicted octanol–water partition coefficient (Wildman–Crippen LogP) is 1.97. The van der Waals surface area contributed by atoms with Gasteiger partial charge in [0, 0.05) is 13.1 Å². The number of carbonyl (C=O) groups excluding carboxylic acids is 2. The predicted molar refractivity (Wildman–Crippen MR) is 80.3 cm³/mol. The summed E-state index contributed by atoms with van der Waals surface area (Å²) >= 11 is 0. The molecule has 0 saturated carbocycles. The summed E-state index contributed by atoms with van der Waals surface area (Å²) in [5.74, 6) is -1.96. The van der Waals surface area contributed by atoms with E-state index < -0.39 is 47.4 Å². The monoisotopic (exact) mass is 398 g/mol.